The molecule has 0 saturated carbocycles. The van der Waals surface area contributed by atoms with Gasteiger partial charge < -0.3 is 10.2 Å². The van der Waals surface area contributed by atoms with Gasteiger partial charge in [-0.05, 0) is 57.7 Å². The first-order chi connectivity index (χ1) is 13.5. The van der Waals surface area contributed by atoms with Crippen LogP contribution in [-0.4, -0.2) is 39.0 Å². The number of carbonyl (C=O) groups excluding carboxylic acids is 1. The van der Waals surface area contributed by atoms with E-state index in [0.717, 1.165) is 65.2 Å². The summed E-state index contributed by atoms with van der Waals surface area (Å²) in [6, 6.07) is 7.97. The van der Waals surface area contributed by atoms with Crippen LogP contribution in [-0.2, 0) is 0 Å². The summed E-state index contributed by atoms with van der Waals surface area (Å²) in [5.74, 6) is 0.0649. The minimum absolute atomic E-state index is 0.0196. The largest absolute Gasteiger partial charge is 0.387 e. The molecule has 3 aromatic rings. The Bertz CT molecular complexity index is 1000. The summed E-state index contributed by atoms with van der Waals surface area (Å²) in [6.07, 6.45) is 5.05. The number of fused-ring (bicyclic) bond motifs is 1. The van der Waals surface area contributed by atoms with E-state index in [2.05, 4.69) is 10.3 Å². The lowest BCUT2D eigenvalue weighted by Crippen LogP contribution is -2.39. The second kappa shape index (κ2) is 7.26. The van der Waals surface area contributed by atoms with Gasteiger partial charge >= 0.3 is 0 Å². The third-order valence-electron chi connectivity index (χ3n) is 5.68. The third-order valence-corrected chi connectivity index (χ3v) is 5.68. The van der Waals surface area contributed by atoms with Crippen LogP contribution in [0, 0.1) is 20.8 Å². The van der Waals surface area contributed by atoms with E-state index in [1.165, 1.54) is 0 Å². The number of hydrogen-bond acceptors (Lipinski definition) is 4. The highest BCUT2D eigenvalue weighted by molar-refractivity contribution is 6.00. The van der Waals surface area contributed by atoms with Crippen LogP contribution in [0.1, 0.15) is 58.2 Å². The second-order valence-electron chi connectivity index (χ2n) is 7.69. The zero-order valence-electron chi connectivity index (χ0n) is 17.0. The number of aryl methyl sites for hydroxylation is 3. The van der Waals surface area contributed by atoms with Gasteiger partial charge in [-0.1, -0.05) is 11.6 Å². The number of likely N-dealkylation sites (tertiary alicyclic amines) is 1. The van der Waals surface area contributed by atoms with E-state index < -0.39 is 0 Å². The van der Waals surface area contributed by atoms with E-state index in [1.807, 2.05) is 67.7 Å². The molecule has 146 valence electrons. The Hall–Kier alpha value is -2.89. The van der Waals surface area contributed by atoms with Crippen molar-refractivity contribution >= 4 is 17.2 Å². The maximum absolute atomic E-state index is 13.5. The average Bonchev–Trinajstić information content (AvgIpc) is 3.10. The molecule has 1 aliphatic rings. The summed E-state index contributed by atoms with van der Waals surface area (Å²) in [5, 5.41) is 7.92. The lowest BCUT2D eigenvalue weighted by Gasteiger charge is -2.35. The van der Waals surface area contributed by atoms with Crippen LogP contribution in [0.3, 0.4) is 0 Å². The molecule has 1 N–H and O–H groups in total. The summed E-state index contributed by atoms with van der Waals surface area (Å²) < 4.78 is 1.83. The van der Waals surface area contributed by atoms with Crippen LogP contribution in [0.4, 0.5) is 5.69 Å². The standard InChI is InChI=1S/C22H27N5O/c1-14-8-9-18(23-4)17(11-14)22(28)26-10-6-5-7-20(26)19-12-21-24-16(3)15(2)13-27(21)25-19/h8-9,11-13,20,23H,5-7,10H2,1-4H3. The number of carbonyl (C=O) groups is 1. The maximum Gasteiger partial charge on any atom is 0.256 e. The molecule has 1 aromatic carbocycles. The van der Waals surface area contributed by atoms with E-state index in [0.29, 0.717) is 0 Å². The average molecular weight is 377 g/mol. The molecular weight excluding hydrogens is 350 g/mol. The number of piperidine rings is 1. The molecule has 0 radical (unpaired) electrons. The van der Waals surface area contributed by atoms with Crippen molar-refractivity contribution in [3.8, 4) is 0 Å². The molecule has 1 fully saturated rings. The Morgan fingerprint density at radius 2 is 2.00 bits per heavy atom. The van der Waals surface area contributed by atoms with E-state index >= 15 is 0 Å². The van der Waals surface area contributed by atoms with Gasteiger partial charge in [0.2, 0.25) is 0 Å². The van der Waals surface area contributed by atoms with Crippen LogP contribution in [0.25, 0.3) is 5.65 Å². The number of nitrogens with zero attached hydrogens (tertiary/aromatic N) is 4. The molecule has 3 heterocycles. The summed E-state index contributed by atoms with van der Waals surface area (Å²) in [4.78, 5) is 20.1. The van der Waals surface area contributed by atoms with Gasteiger partial charge in [-0.15, -0.1) is 0 Å². The number of anilines is 1. The van der Waals surface area contributed by atoms with Gasteiger partial charge in [0, 0.05) is 37.2 Å². The van der Waals surface area contributed by atoms with Crippen LogP contribution < -0.4 is 5.32 Å². The molecule has 1 atom stereocenters. The normalized spacial score (nSPS) is 17.1. The summed E-state index contributed by atoms with van der Waals surface area (Å²) in [7, 11) is 1.85. The molecule has 6 heteroatoms. The number of benzene rings is 1. The number of rotatable bonds is 3. The van der Waals surface area contributed by atoms with Crippen molar-refractivity contribution in [3.05, 3.63) is 58.5 Å². The molecule has 1 saturated heterocycles. The zero-order valence-corrected chi connectivity index (χ0v) is 17.0. The number of hydrogen-bond donors (Lipinski definition) is 1. The summed E-state index contributed by atoms with van der Waals surface area (Å²) >= 11 is 0. The Balaban J connectivity index is 1.72. The second-order valence-corrected chi connectivity index (χ2v) is 7.69. The Morgan fingerprint density at radius 3 is 2.79 bits per heavy atom. The first kappa shape index (κ1) is 18.5. The predicted molar refractivity (Wildman–Crippen MR) is 111 cm³/mol. The van der Waals surface area contributed by atoms with Gasteiger partial charge in [0.15, 0.2) is 5.65 Å². The van der Waals surface area contributed by atoms with Crippen molar-refractivity contribution in [2.24, 2.45) is 0 Å². The minimum atomic E-state index is -0.0196. The number of nitrogens with one attached hydrogen (secondary N) is 1. The van der Waals surface area contributed by atoms with E-state index in [9.17, 15) is 4.79 Å². The molecule has 4 rings (SSSR count). The molecule has 1 aliphatic heterocycles. The smallest absolute Gasteiger partial charge is 0.256 e. The van der Waals surface area contributed by atoms with Crippen molar-refractivity contribution < 1.29 is 4.79 Å². The van der Waals surface area contributed by atoms with Crippen molar-refractivity contribution in [2.45, 2.75) is 46.1 Å². The fraction of sp³-hybridized carbons (Fsp3) is 0.409. The lowest BCUT2D eigenvalue weighted by molar-refractivity contribution is 0.0606. The molecule has 28 heavy (non-hydrogen) atoms. The Kier molecular flexibility index (Phi) is 4.79. The van der Waals surface area contributed by atoms with Crippen LogP contribution in [0.2, 0.25) is 0 Å². The topological polar surface area (TPSA) is 62.5 Å². The third kappa shape index (κ3) is 3.23. The van der Waals surface area contributed by atoms with Gasteiger partial charge in [-0.3, -0.25) is 4.79 Å². The first-order valence-electron chi connectivity index (χ1n) is 9.91. The quantitative estimate of drug-likeness (QED) is 0.748. The maximum atomic E-state index is 13.5. The highest BCUT2D eigenvalue weighted by Gasteiger charge is 2.31. The molecule has 1 amide bonds. The van der Waals surface area contributed by atoms with Crippen molar-refractivity contribution in [3.63, 3.8) is 0 Å². The summed E-state index contributed by atoms with van der Waals surface area (Å²) in [6.45, 7) is 6.81. The molecule has 0 spiro atoms. The fourth-order valence-corrected chi connectivity index (χ4v) is 3.97. The fourth-order valence-electron chi connectivity index (χ4n) is 3.97. The number of aromatic nitrogens is 3. The van der Waals surface area contributed by atoms with E-state index in [-0.39, 0.29) is 11.9 Å². The predicted octanol–water partition coefficient (Wildman–Crippen LogP) is 4.06. The van der Waals surface area contributed by atoms with Crippen LogP contribution in [0.15, 0.2) is 30.5 Å². The van der Waals surface area contributed by atoms with Crippen molar-refractivity contribution in [1.29, 1.82) is 0 Å². The monoisotopic (exact) mass is 377 g/mol. The molecule has 1 unspecified atom stereocenters. The molecule has 6 nitrogen and oxygen atoms in total. The molecule has 0 bridgehead atoms. The highest BCUT2D eigenvalue weighted by atomic mass is 16.2. The SMILES string of the molecule is CNc1ccc(C)cc1C(=O)N1CCCCC1c1cc2nc(C)c(C)cn2n1. The first-order valence-corrected chi connectivity index (χ1v) is 9.91. The van der Waals surface area contributed by atoms with Gasteiger partial charge in [-0.2, -0.15) is 5.10 Å². The van der Waals surface area contributed by atoms with Crippen LogP contribution >= 0.6 is 0 Å². The zero-order chi connectivity index (χ0) is 19.8. The van der Waals surface area contributed by atoms with Crippen LogP contribution in [0.5, 0.6) is 0 Å². The van der Waals surface area contributed by atoms with Gasteiger partial charge in [0.25, 0.3) is 5.91 Å². The molecule has 2 aromatic heterocycles. The van der Waals surface area contributed by atoms with Gasteiger partial charge in [-0.25, -0.2) is 9.50 Å². The molecule has 0 aliphatic carbocycles. The Labute approximate surface area is 165 Å². The van der Waals surface area contributed by atoms with Gasteiger partial charge in [0.1, 0.15) is 0 Å². The van der Waals surface area contributed by atoms with Crippen molar-refractivity contribution in [2.75, 3.05) is 18.9 Å². The van der Waals surface area contributed by atoms with E-state index in [1.54, 1.807) is 0 Å². The summed E-state index contributed by atoms with van der Waals surface area (Å²) in [5.41, 5.74) is 6.54. The Morgan fingerprint density at radius 1 is 1.18 bits per heavy atom. The minimum Gasteiger partial charge on any atom is -0.387 e. The van der Waals surface area contributed by atoms with Gasteiger partial charge in [0.05, 0.1) is 17.3 Å². The highest BCUT2D eigenvalue weighted by Crippen LogP contribution is 2.33. The number of amides is 1. The lowest BCUT2D eigenvalue weighted by atomic mass is 9.97. The van der Waals surface area contributed by atoms with E-state index in [4.69, 9.17) is 5.10 Å². The van der Waals surface area contributed by atoms with Crippen molar-refractivity contribution in [1.82, 2.24) is 19.5 Å². The molecular formula is C22H27N5O.